The second-order valence-corrected chi connectivity index (χ2v) is 10.1. The van der Waals surface area contributed by atoms with Crippen LogP contribution in [0.5, 0.6) is 0 Å². The molecule has 0 aromatic heterocycles. The molecule has 1 N–H and O–H groups in total. The smallest absolute Gasteiger partial charge is 0.212 e. The summed E-state index contributed by atoms with van der Waals surface area (Å²) >= 11 is 0. The molecule has 0 aromatic carbocycles. The van der Waals surface area contributed by atoms with Crippen LogP contribution in [0.2, 0.25) is 0 Å². The van der Waals surface area contributed by atoms with Gasteiger partial charge >= 0.3 is 0 Å². The number of nitrogens with zero attached hydrogens (tertiary/aromatic N) is 1. The molecule has 1 heterocycles. The monoisotopic (exact) mass is 358 g/mol. The SMILES string of the molecule is CC(CNS(=O)(=O)CC12CCC(CC1=O)C2(C)C)N1CCOCC1. The number of hydrogen-bond acceptors (Lipinski definition) is 5. The molecule has 2 saturated carbocycles. The van der Waals surface area contributed by atoms with Crippen LogP contribution < -0.4 is 4.72 Å². The van der Waals surface area contributed by atoms with Crippen molar-refractivity contribution in [3.8, 4) is 0 Å². The molecule has 138 valence electrons. The minimum atomic E-state index is -3.48. The van der Waals surface area contributed by atoms with E-state index in [2.05, 4.69) is 23.5 Å². The Morgan fingerprint density at radius 2 is 2.00 bits per heavy atom. The highest BCUT2D eigenvalue weighted by atomic mass is 32.2. The van der Waals surface area contributed by atoms with Crippen molar-refractivity contribution < 1.29 is 17.9 Å². The minimum absolute atomic E-state index is 0.0574. The summed E-state index contributed by atoms with van der Waals surface area (Å²) in [5, 5.41) is 0. The summed E-state index contributed by atoms with van der Waals surface area (Å²) in [7, 11) is -3.48. The maximum atomic E-state index is 12.7. The van der Waals surface area contributed by atoms with Crippen LogP contribution in [0.25, 0.3) is 0 Å². The zero-order valence-corrected chi connectivity index (χ0v) is 15.8. The largest absolute Gasteiger partial charge is 0.379 e. The number of carbonyl (C=O) groups excluding carboxylic acids is 1. The molecule has 3 rings (SSSR count). The fourth-order valence-electron chi connectivity index (χ4n) is 4.88. The van der Waals surface area contributed by atoms with E-state index in [4.69, 9.17) is 4.74 Å². The Morgan fingerprint density at radius 3 is 2.54 bits per heavy atom. The quantitative estimate of drug-likeness (QED) is 0.767. The van der Waals surface area contributed by atoms with Gasteiger partial charge in [0.25, 0.3) is 0 Å². The van der Waals surface area contributed by atoms with Crippen molar-refractivity contribution in [3.63, 3.8) is 0 Å². The zero-order chi connectivity index (χ0) is 17.6. The van der Waals surface area contributed by atoms with Crippen molar-refractivity contribution in [2.45, 2.75) is 46.1 Å². The predicted octanol–water partition coefficient (Wildman–Crippen LogP) is 1.02. The maximum absolute atomic E-state index is 12.7. The van der Waals surface area contributed by atoms with Crippen LogP contribution in [0.1, 0.15) is 40.0 Å². The van der Waals surface area contributed by atoms with Crippen molar-refractivity contribution in [1.82, 2.24) is 9.62 Å². The first-order valence-electron chi connectivity index (χ1n) is 9.00. The molecule has 3 atom stereocenters. The lowest BCUT2D eigenvalue weighted by Gasteiger charge is -2.36. The highest BCUT2D eigenvalue weighted by Gasteiger charge is 2.65. The molecule has 1 aliphatic heterocycles. The second kappa shape index (κ2) is 6.34. The van der Waals surface area contributed by atoms with Crippen molar-refractivity contribution in [3.05, 3.63) is 0 Å². The summed E-state index contributed by atoms with van der Waals surface area (Å²) in [4.78, 5) is 14.8. The van der Waals surface area contributed by atoms with Gasteiger partial charge in [-0.3, -0.25) is 9.69 Å². The van der Waals surface area contributed by atoms with Gasteiger partial charge in [0, 0.05) is 37.5 Å². The van der Waals surface area contributed by atoms with E-state index in [1.807, 2.05) is 6.92 Å². The van der Waals surface area contributed by atoms with Crippen molar-refractivity contribution in [1.29, 1.82) is 0 Å². The number of hydrogen-bond donors (Lipinski definition) is 1. The zero-order valence-electron chi connectivity index (χ0n) is 15.0. The van der Waals surface area contributed by atoms with Crippen LogP contribution in [0, 0.1) is 16.7 Å². The van der Waals surface area contributed by atoms with Crippen LogP contribution >= 0.6 is 0 Å². The Balaban J connectivity index is 1.63. The molecule has 6 nitrogen and oxygen atoms in total. The summed E-state index contributed by atoms with van der Waals surface area (Å²) in [6.45, 7) is 9.62. The summed E-state index contributed by atoms with van der Waals surface area (Å²) in [5.41, 5.74) is -0.902. The van der Waals surface area contributed by atoms with Gasteiger partial charge < -0.3 is 4.74 Å². The third kappa shape index (κ3) is 3.04. The molecule has 3 unspecified atom stereocenters. The maximum Gasteiger partial charge on any atom is 0.212 e. The van der Waals surface area contributed by atoms with Crippen molar-refractivity contribution >= 4 is 15.8 Å². The Bertz CT molecular complexity index is 598. The average molecular weight is 359 g/mol. The van der Waals surface area contributed by atoms with E-state index >= 15 is 0 Å². The van der Waals surface area contributed by atoms with Crippen LogP contribution in [-0.4, -0.2) is 63.7 Å². The third-order valence-corrected chi connectivity index (χ3v) is 8.32. The van der Waals surface area contributed by atoms with E-state index in [-0.39, 0.29) is 23.0 Å². The molecule has 0 radical (unpaired) electrons. The van der Waals surface area contributed by atoms with E-state index in [1.54, 1.807) is 0 Å². The normalized spacial score (nSPS) is 34.6. The second-order valence-electron chi connectivity index (χ2n) is 8.27. The molecule has 2 aliphatic carbocycles. The van der Waals surface area contributed by atoms with E-state index in [0.29, 0.717) is 38.5 Å². The van der Waals surface area contributed by atoms with Crippen molar-refractivity contribution in [2.75, 3.05) is 38.6 Å². The molecule has 3 aliphatic rings. The van der Waals surface area contributed by atoms with Gasteiger partial charge in [0.15, 0.2) is 0 Å². The lowest BCUT2D eigenvalue weighted by Crippen LogP contribution is -2.50. The fraction of sp³-hybridized carbons (Fsp3) is 0.941. The average Bonchev–Trinajstić information content (AvgIpc) is 2.87. The minimum Gasteiger partial charge on any atom is -0.379 e. The fourth-order valence-corrected chi connectivity index (χ4v) is 6.80. The lowest BCUT2D eigenvalue weighted by molar-refractivity contribution is -0.128. The van der Waals surface area contributed by atoms with E-state index in [9.17, 15) is 13.2 Å². The molecule has 0 aromatic rings. The Kier molecular flexibility index (Phi) is 4.83. The standard InChI is InChI=1S/C17H30N2O4S/c1-13(19-6-8-23-9-7-19)11-18-24(21,22)12-17-5-4-14(10-15(17)20)16(17,2)3/h13-14,18H,4-12H2,1-3H3. The predicted molar refractivity (Wildman–Crippen MR) is 92.2 cm³/mol. The van der Waals surface area contributed by atoms with Gasteiger partial charge in [0.2, 0.25) is 10.0 Å². The number of Topliss-reactive ketones (excluding diaryl/α,β-unsaturated/α-hetero) is 1. The summed E-state index contributed by atoms with van der Waals surface area (Å²) in [6, 6.07) is 0.129. The van der Waals surface area contributed by atoms with Gasteiger partial charge in [0.05, 0.1) is 19.0 Å². The molecule has 2 bridgehead atoms. The van der Waals surface area contributed by atoms with Gasteiger partial charge in [-0.05, 0) is 31.1 Å². The van der Waals surface area contributed by atoms with Gasteiger partial charge in [0.1, 0.15) is 5.78 Å². The van der Waals surface area contributed by atoms with E-state index in [0.717, 1.165) is 19.5 Å². The number of ether oxygens (including phenoxy) is 1. The Morgan fingerprint density at radius 1 is 1.33 bits per heavy atom. The Hall–Kier alpha value is -0.500. The summed E-state index contributed by atoms with van der Waals surface area (Å²) in [6.07, 6.45) is 2.23. The van der Waals surface area contributed by atoms with Gasteiger partial charge in [-0.2, -0.15) is 0 Å². The highest BCUT2D eigenvalue weighted by molar-refractivity contribution is 7.89. The third-order valence-electron chi connectivity index (χ3n) is 6.84. The number of carbonyl (C=O) groups is 1. The molecule has 0 spiro atoms. The number of morpholine rings is 1. The summed E-state index contributed by atoms with van der Waals surface area (Å²) < 4.78 is 33.5. The number of fused-ring (bicyclic) bond motifs is 2. The molecule has 24 heavy (non-hydrogen) atoms. The van der Waals surface area contributed by atoms with Crippen molar-refractivity contribution in [2.24, 2.45) is 16.7 Å². The Labute approximate surface area is 145 Å². The van der Waals surface area contributed by atoms with E-state index in [1.165, 1.54) is 0 Å². The first-order chi connectivity index (χ1) is 11.2. The van der Waals surface area contributed by atoms with Gasteiger partial charge in [-0.25, -0.2) is 13.1 Å². The van der Waals surface area contributed by atoms with Crippen LogP contribution in [0.15, 0.2) is 0 Å². The topological polar surface area (TPSA) is 75.7 Å². The first kappa shape index (κ1) is 18.3. The van der Waals surface area contributed by atoms with Crippen LogP contribution in [0.4, 0.5) is 0 Å². The number of rotatable bonds is 6. The summed E-state index contributed by atoms with van der Waals surface area (Å²) in [5.74, 6) is 0.431. The number of sulfonamides is 1. The van der Waals surface area contributed by atoms with Crippen LogP contribution in [0.3, 0.4) is 0 Å². The molecule has 3 fully saturated rings. The lowest BCUT2D eigenvalue weighted by atomic mass is 9.70. The molecular formula is C17H30N2O4S. The number of nitrogens with one attached hydrogen (secondary N) is 1. The van der Waals surface area contributed by atoms with E-state index < -0.39 is 15.4 Å². The highest BCUT2D eigenvalue weighted by Crippen LogP contribution is 2.64. The first-order valence-corrected chi connectivity index (χ1v) is 10.7. The van der Waals surface area contributed by atoms with Crippen LogP contribution in [-0.2, 0) is 19.6 Å². The van der Waals surface area contributed by atoms with Gasteiger partial charge in [-0.15, -0.1) is 0 Å². The molecule has 7 heteroatoms. The number of ketones is 1. The van der Waals surface area contributed by atoms with Gasteiger partial charge in [-0.1, -0.05) is 13.8 Å². The molecule has 0 amide bonds. The molecular weight excluding hydrogens is 328 g/mol. The molecule has 1 saturated heterocycles.